The molecule has 0 unspecified atom stereocenters. The number of benzene rings is 1. The number of pyridine rings is 1. The predicted octanol–water partition coefficient (Wildman–Crippen LogP) is 4.85. The summed E-state index contributed by atoms with van der Waals surface area (Å²) in [5.74, 6) is 0.154. The van der Waals surface area contributed by atoms with Crippen molar-refractivity contribution in [1.29, 1.82) is 0 Å². The summed E-state index contributed by atoms with van der Waals surface area (Å²) in [4.78, 5) is 20.6. The summed E-state index contributed by atoms with van der Waals surface area (Å²) < 4.78 is 53.5. The predicted molar refractivity (Wildman–Crippen MR) is 116 cm³/mol. The molecule has 0 aliphatic rings. The zero-order valence-electron chi connectivity index (χ0n) is 17.3. The maximum absolute atomic E-state index is 13.8. The van der Waals surface area contributed by atoms with Gasteiger partial charge in [0.15, 0.2) is 0 Å². The van der Waals surface area contributed by atoms with Crippen molar-refractivity contribution in [2.45, 2.75) is 50.3 Å². The summed E-state index contributed by atoms with van der Waals surface area (Å²) in [6.45, 7) is 6.33. The number of fused-ring (bicyclic) bond motifs is 1. The molecule has 0 saturated heterocycles. The molecule has 3 aromatic rings. The van der Waals surface area contributed by atoms with Crippen LogP contribution in [0.5, 0.6) is 0 Å². The molecule has 31 heavy (non-hydrogen) atoms. The molecule has 0 bridgehead atoms. The number of nitrogens with one attached hydrogen (secondary N) is 1. The van der Waals surface area contributed by atoms with E-state index in [2.05, 4.69) is 15.3 Å². The fourth-order valence-corrected chi connectivity index (χ4v) is 4.56. The standard InChI is InChI=1S/C20H21ClF2N4O3S/c1-5-20(22,23)31(29,30)14-6-7-16(12(4)8-14)25-19-24-10-13-9-15(21)18(28)27(11(2)3)17(13)26-19/h6-11H,5H2,1-4H3,(H,24,25,26). The van der Waals surface area contributed by atoms with Crippen LogP contribution in [0.2, 0.25) is 5.02 Å². The van der Waals surface area contributed by atoms with Crippen LogP contribution >= 0.6 is 11.6 Å². The van der Waals surface area contributed by atoms with Gasteiger partial charge in [-0.05, 0) is 50.6 Å². The minimum absolute atomic E-state index is 0.0574. The first-order chi connectivity index (χ1) is 14.4. The Morgan fingerprint density at radius 3 is 2.52 bits per heavy atom. The van der Waals surface area contributed by atoms with E-state index in [4.69, 9.17) is 11.6 Å². The Morgan fingerprint density at radius 2 is 1.94 bits per heavy atom. The molecule has 11 heteroatoms. The van der Waals surface area contributed by atoms with Crippen LogP contribution < -0.4 is 10.9 Å². The van der Waals surface area contributed by atoms with Gasteiger partial charge in [-0.2, -0.15) is 13.8 Å². The van der Waals surface area contributed by atoms with E-state index >= 15 is 0 Å². The SMILES string of the molecule is CCC(F)(F)S(=O)(=O)c1ccc(Nc2ncc3cc(Cl)c(=O)n(C(C)C)c3n2)c(C)c1. The van der Waals surface area contributed by atoms with Crippen molar-refractivity contribution in [2.24, 2.45) is 0 Å². The number of anilines is 2. The van der Waals surface area contributed by atoms with E-state index in [0.29, 0.717) is 22.3 Å². The quantitative estimate of drug-likeness (QED) is 0.553. The third-order valence-corrected chi connectivity index (χ3v) is 7.03. The Morgan fingerprint density at radius 1 is 1.26 bits per heavy atom. The number of sulfone groups is 1. The highest BCUT2D eigenvalue weighted by molar-refractivity contribution is 7.92. The minimum Gasteiger partial charge on any atom is -0.324 e. The molecule has 0 aliphatic heterocycles. The van der Waals surface area contributed by atoms with Crippen molar-refractivity contribution in [3.8, 4) is 0 Å². The van der Waals surface area contributed by atoms with Gasteiger partial charge in [-0.25, -0.2) is 13.4 Å². The second kappa shape index (κ2) is 8.16. The molecular formula is C20H21ClF2N4O3S. The molecule has 0 spiro atoms. The summed E-state index contributed by atoms with van der Waals surface area (Å²) in [5.41, 5.74) is 0.845. The first-order valence-electron chi connectivity index (χ1n) is 9.47. The maximum atomic E-state index is 13.8. The molecule has 0 fully saturated rings. The molecular weight excluding hydrogens is 450 g/mol. The van der Waals surface area contributed by atoms with Crippen LogP contribution in [-0.4, -0.2) is 28.2 Å². The smallest absolute Gasteiger partial charge is 0.324 e. The first-order valence-corrected chi connectivity index (χ1v) is 11.3. The van der Waals surface area contributed by atoms with Crippen molar-refractivity contribution < 1.29 is 17.2 Å². The molecule has 2 heterocycles. The lowest BCUT2D eigenvalue weighted by atomic mass is 10.2. The van der Waals surface area contributed by atoms with Crippen LogP contribution in [0.3, 0.4) is 0 Å². The number of halogens is 3. The normalized spacial score (nSPS) is 12.5. The van der Waals surface area contributed by atoms with Gasteiger partial charge >= 0.3 is 5.25 Å². The van der Waals surface area contributed by atoms with Gasteiger partial charge in [0.25, 0.3) is 5.56 Å². The summed E-state index contributed by atoms with van der Waals surface area (Å²) in [6.07, 6.45) is 0.686. The van der Waals surface area contributed by atoms with E-state index in [1.54, 1.807) is 6.92 Å². The van der Waals surface area contributed by atoms with Crippen molar-refractivity contribution >= 4 is 44.1 Å². The van der Waals surface area contributed by atoms with Gasteiger partial charge in [-0.3, -0.25) is 9.36 Å². The van der Waals surface area contributed by atoms with Crippen LogP contribution in [0.25, 0.3) is 11.0 Å². The lowest BCUT2D eigenvalue weighted by molar-refractivity contribution is 0.0878. The van der Waals surface area contributed by atoms with E-state index in [1.807, 2.05) is 13.8 Å². The van der Waals surface area contributed by atoms with Gasteiger partial charge in [0.2, 0.25) is 15.8 Å². The van der Waals surface area contributed by atoms with Crippen molar-refractivity contribution in [3.05, 3.63) is 51.4 Å². The van der Waals surface area contributed by atoms with Crippen LogP contribution in [0.4, 0.5) is 20.4 Å². The van der Waals surface area contributed by atoms with Crippen LogP contribution in [0.15, 0.2) is 40.2 Å². The summed E-state index contributed by atoms with van der Waals surface area (Å²) >= 11 is 6.01. The zero-order chi connectivity index (χ0) is 23.1. The fraction of sp³-hybridized carbons (Fsp3) is 0.350. The van der Waals surface area contributed by atoms with Gasteiger partial charge in [0, 0.05) is 29.7 Å². The van der Waals surface area contributed by atoms with E-state index in [0.717, 1.165) is 13.0 Å². The number of aryl methyl sites for hydroxylation is 1. The van der Waals surface area contributed by atoms with E-state index in [-0.39, 0.29) is 22.6 Å². The van der Waals surface area contributed by atoms with Crippen LogP contribution in [0, 0.1) is 6.92 Å². The highest BCUT2D eigenvalue weighted by Crippen LogP contribution is 2.33. The molecule has 0 aliphatic carbocycles. The molecule has 1 N–H and O–H groups in total. The van der Waals surface area contributed by atoms with Crippen molar-refractivity contribution in [3.63, 3.8) is 0 Å². The van der Waals surface area contributed by atoms with E-state index < -0.39 is 26.4 Å². The largest absolute Gasteiger partial charge is 0.349 e. The number of alkyl halides is 2. The molecule has 0 amide bonds. The summed E-state index contributed by atoms with van der Waals surface area (Å²) in [7, 11) is -4.80. The maximum Gasteiger partial charge on any atom is 0.349 e. The molecule has 7 nitrogen and oxygen atoms in total. The lowest BCUT2D eigenvalue weighted by Crippen LogP contribution is -2.28. The van der Waals surface area contributed by atoms with Crippen LogP contribution in [-0.2, 0) is 9.84 Å². The van der Waals surface area contributed by atoms with Crippen LogP contribution in [0.1, 0.15) is 38.8 Å². The third kappa shape index (κ3) is 4.14. The Balaban J connectivity index is 2.03. The number of hydrogen-bond donors (Lipinski definition) is 1. The Hall–Kier alpha value is -2.59. The molecule has 0 saturated carbocycles. The lowest BCUT2D eigenvalue weighted by Gasteiger charge is -2.17. The van der Waals surface area contributed by atoms with E-state index in [1.165, 1.54) is 29.0 Å². The molecule has 3 rings (SSSR count). The Labute approximate surface area is 183 Å². The van der Waals surface area contributed by atoms with E-state index in [9.17, 15) is 22.0 Å². The van der Waals surface area contributed by atoms with Crippen molar-refractivity contribution in [1.82, 2.24) is 14.5 Å². The topological polar surface area (TPSA) is 94.0 Å². The Bertz CT molecular complexity index is 1320. The fourth-order valence-electron chi connectivity index (χ4n) is 3.05. The molecule has 0 radical (unpaired) electrons. The molecule has 166 valence electrons. The average Bonchev–Trinajstić information content (AvgIpc) is 2.70. The van der Waals surface area contributed by atoms with Gasteiger partial charge in [0.1, 0.15) is 10.7 Å². The third-order valence-electron chi connectivity index (χ3n) is 4.81. The minimum atomic E-state index is -4.80. The van der Waals surface area contributed by atoms with Gasteiger partial charge in [0.05, 0.1) is 4.90 Å². The van der Waals surface area contributed by atoms with Gasteiger partial charge in [-0.15, -0.1) is 0 Å². The summed E-state index contributed by atoms with van der Waals surface area (Å²) in [5, 5.41) is -0.276. The highest BCUT2D eigenvalue weighted by atomic mass is 35.5. The number of rotatable bonds is 6. The average molecular weight is 471 g/mol. The van der Waals surface area contributed by atoms with Gasteiger partial charge in [-0.1, -0.05) is 18.5 Å². The highest BCUT2D eigenvalue weighted by Gasteiger charge is 2.44. The number of nitrogens with zero attached hydrogens (tertiary/aromatic N) is 3. The number of aromatic nitrogens is 3. The first kappa shape index (κ1) is 23.1. The second-order valence-corrected chi connectivity index (χ2v) is 9.81. The molecule has 0 atom stereocenters. The molecule has 1 aromatic carbocycles. The summed E-state index contributed by atoms with van der Waals surface area (Å²) in [6, 6.07) is 4.94. The monoisotopic (exact) mass is 470 g/mol. The second-order valence-electron chi connectivity index (χ2n) is 7.33. The zero-order valence-corrected chi connectivity index (χ0v) is 18.9. The van der Waals surface area contributed by atoms with Gasteiger partial charge < -0.3 is 5.32 Å². The number of hydrogen-bond acceptors (Lipinski definition) is 6. The molecule has 2 aromatic heterocycles. The van der Waals surface area contributed by atoms with Crippen molar-refractivity contribution in [2.75, 3.05) is 5.32 Å². The Kier molecular flexibility index (Phi) is 6.07.